The Bertz CT molecular complexity index is 923. The van der Waals surface area contributed by atoms with E-state index in [0.29, 0.717) is 18.8 Å². The molecule has 0 bridgehead atoms. The lowest BCUT2D eigenvalue weighted by atomic mass is 9.99. The van der Waals surface area contributed by atoms with E-state index in [1.807, 2.05) is 46.0 Å². The highest BCUT2D eigenvalue weighted by atomic mass is 32.1. The molecule has 3 aromatic rings. The number of benzene rings is 1. The molecule has 7 heteroatoms. The van der Waals surface area contributed by atoms with E-state index in [1.54, 1.807) is 6.26 Å². The Labute approximate surface area is 169 Å². The number of hydrogen-bond acceptors (Lipinski definition) is 5. The molecule has 146 valence electrons. The van der Waals surface area contributed by atoms with Gasteiger partial charge in [0, 0.05) is 12.3 Å². The van der Waals surface area contributed by atoms with Gasteiger partial charge < -0.3 is 15.1 Å². The van der Waals surface area contributed by atoms with E-state index < -0.39 is 6.04 Å². The van der Waals surface area contributed by atoms with Crippen LogP contribution in [-0.2, 0) is 17.8 Å². The van der Waals surface area contributed by atoms with Gasteiger partial charge in [-0.05, 0) is 36.6 Å². The summed E-state index contributed by atoms with van der Waals surface area (Å²) in [6, 6.07) is 15.4. The molecule has 1 amide bonds. The highest BCUT2D eigenvalue weighted by Gasteiger charge is 2.34. The summed E-state index contributed by atoms with van der Waals surface area (Å²) in [6.07, 6.45) is 3.31. The van der Waals surface area contributed by atoms with Crippen LogP contribution in [0.3, 0.4) is 0 Å². The van der Waals surface area contributed by atoms with E-state index in [0.717, 1.165) is 30.0 Å². The van der Waals surface area contributed by atoms with Crippen LogP contribution >= 0.6 is 12.6 Å². The number of rotatable bonds is 6. The van der Waals surface area contributed by atoms with Gasteiger partial charge in [-0.2, -0.15) is 17.7 Å². The maximum Gasteiger partial charge on any atom is 0.240 e. The number of nitrogens with two attached hydrogens (primary N) is 1. The summed E-state index contributed by atoms with van der Waals surface area (Å²) in [5.41, 5.74) is 9.07. The Morgan fingerprint density at radius 2 is 2.07 bits per heavy atom. The van der Waals surface area contributed by atoms with Crippen LogP contribution in [0.2, 0.25) is 0 Å². The first-order valence-corrected chi connectivity index (χ1v) is 10.1. The molecule has 1 aliphatic heterocycles. The Kier molecular flexibility index (Phi) is 5.54. The molecule has 2 N–H and O–H groups in total. The normalized spacial score (nSPS) is 17.4. The van der Waals surface area contributed by atoms with Gasteiger partial charge in [0.15, 0.2) is 5.76 Å². The molecule has 28 heavy (non-hydrogen) atoms. The van der Waals surface area contributed by atoms with Crippen molar-refractivity contribution in [3.05, 3.63) is 66.1 Å². The number of fused-ring (bicyclic) bond motifs is 1. The first-order chi connectivity index (χ1) is 13.7. The Morgan fingerprint density at radius 1 is 1.25 bits per heavy atom. The number of carbonyl (C=O) groups is 1. The van der Waals surface area contributed by atoms with Crippen molar-refractivity contribution in [2.45, 2.75) is 31.5 Å². The molecule has 0 spiro atoms. The van der Waals surface area contributed by atoms with E-state index in [9.17, 15) is 4.79 Å². The summed E-state index contributed by atoms with van der Waals surface area (Å²) in [5, 5.41) is 4.70. The number of amides is 1. The fraction of sp³-hybridized carbons (Fsp3) is 0.333. The molecule has 0 radical (unpaired) electrons. The van der Waals surface area contributed by atoms with Gasteiger partial charge in [-0.25, -0.2) is 0 Å². The SMILES string of the molecule is N[C@@H](CS)C(=O)N1CCn2nc(-c3ccco3)cc2[C@@H]1CCc1ccccc1. The fourth-order valence-corrected chi connectivity index (χ4v) is 3.90. The molecule has 2 aromatic heterocycles. The molecule has 2 atom stereocenters. The number of carbonyl (C=O) groups excluding carboxylic acids is 1. The summed E-state index contributed by atoms with van der Waals surface area (Å²) in [6.45, 7) is 1.23. The van der Waals surface area contributed by atoms with E-state index in [-0.39, 0.29) is 11.9 Å². The average molecular weight is 397 g/mol. The second kappa shape index (κ2) is 8.24. The fourth-order valence-electron chi connectivity index (χ4n) is 3.75. The third-order valence-corrected chi connectivity index (χ3v) is 5.59. The van der Waals surface area contributed by atoms with Gasteiger partial charge in [0.2, 0.25) is 5.91 Å². The van der Waals surface area contributed by atoms with Crippen LogP contribution in [0.15, 0.2) is 59.2 Å². The third kappa shape index (κ3) is 3.72. The number of aromatic nitrogens is 2. The van der Waals surface area contributed by atoms with E-state index in [4.69, 9.17) is 15.2 Å². The van der Waals surface area contributed by atoms with Crippen molar-refractivity contribution in [1.29, 1.82) is 0 Å². The second-order valence-corrected chi connectivity index (χ2v) is 7.38. The van der Waals surface area contributed by atoms with E-state index in [1.165, 1.54) is 5.56 Å². The zero-order valence-corrected chi connectivity index (χ0v) is 16.5. The molecule has 6 nitrogen and oxygen atoms in total. The summed E-state index contributed by atoms with van der Waals surface area (Å²) < 4.78 is 7.49. The van der Waals surface area contributed by atoms with Crippen molar-refractivity contribution in [3.8, 4) is 11.5 Å². The van der Waals surface area contributed by atoms with Crippen LogP contribution < -0.4 is 5.73 Å². The van der Waals surface area contributed by atoms with Crippen LogP contribution in [-0.4, -0.2) is 38.9 Å². The Morgan fingerprint density at radius 3 is 2.79 bits per heavy atom. The molecular weight excluding hydrogens is 372 g/mol. The number of furan rings is 1. The molecule has 0 unspecified atom stereocenters. The Balaban J connectivity index is 1.64. The average Bonchev–Trinajstić information content (AvgIpc) is 3.41. The predicted molar refractivity (Wildman–Crippen MR) is 111 cm³/mol. The van der Waals surface area contributed by atoms with Crippen LogP contribution in [0.4, 0.5) is 0 Å². The summed E-state index contributed by atoms with van der Waals surface area (Å²) in [7, 11) is 0. The molecule has 0 saturated carbocycles. The third-order valence-electron chi connectivity index (χ3n) is 5.20. The maximum absolute atomic E-state index is 12.9. The summed E-state index contributed by atoms with van der Waals surface area (Å²) in [5.74, 6) is 1.01. The molecule has 3 heterocycles. The second-order valence-electron chi connectivity index (χ2n) is 7.02. The van der Waals surface area contributed by atoms with Crippen molar-refractivity contribution in [2.24, 2.45) is 5.73 Å². The number of hydrogen-bond donors (Lipinski definition) is 2. The number of aryl methyl sites for hydroxylation is 1. The van der Waals surface area contributed by atoms with Gasteiger partial charge in [0.25, 0.3) is 0 Å². The van der Waals surface area contributed by atoms with E-state index in [2.05, 4.69) is 24.8 Å². The zero-order chi connectivity index (χ0) is 19.5. The summed E-state index contributed by atoms with van der Waals surface area (Å²) in [4.78, 5) is 14.8. The number of nitrogens with zero attached hydrogens (tertiary/aromatic N) is 3. The van der Waals surface area contributed by atoms with Crippen molar-refractivity contribution in [2.75, 3.05) is 12.3 Å². The summed E-state index contributed by atoms with van der Waals surface area (Å²) >= 11 is 4.21. The monoisotopic (exact) mass is 396 g/mol. The first-order valence-electron chi connectivity index (χ1n) is 9.50. The number of thiol groups is 1. The lowest BCUT2D eigenvalue weighted by Crippen LogP contribution is -2.50. The van der Waals surface area contributed by atoms with Gasteiger partial charge in [-0.1, -0.05) is 30.3 Å². The first kappa shape index (κ1) is 18.8. The zero-order valence-electron chi connectivity index (χ0n) is 15.6. The van der Waals surface area contributed by atoms with E-state index >= 15 is 0 Å². The van der Waals surface area contributed by atoms with Crippen molar-refractivity contribution < 1.29 is 9.21 Å². The lowest BCUT2D eigenvalue weighted by molar-refractivity contribution is -0.136. The van der Waals surface area contributed by atoms with Crippen LogP contribution in [0.25, 0.3) is 11.5 Å². The molecule has 1 aliphatic rings. The van der Waals surface area contributed by atoms with Gasteiger partial charge in [-0.3, -0.25) is 9.48 Å². The smallest absolute Gasteiger partial charge is 0.240 e. The van der Waals surface area contributed by atoms with Gasteiger partial charge in [-0.15, -0.1) is 0 Å². The molecule has 1 aromatic carbocycles. The highest BCUT2D eigenvalue weighted by molar-refractivity contribution is 7.80. The van der Waals surface area contributed by atoms with Crippen molar-refractivity contribution in [1.82, 2.24) is 14.7 Å². The van der Waals surface area contributed by atoms with Crippen molar-refractivity contribution >= 4 is 18.5 Å². The van der Waals surface area contributed by atoms with Crippen LogP contribution in [0, 0.1) is 0 Å². The quantitative estimate of drug-likeness (QED) is 0.628. The van der Waals surface area contributed by atoms with Gasteiger partial charge >= 0.3 is 0 Å². The minimum atomic E-state index is -0.596. The van der Waals surface area contributed by atoms with Crippen LogP contribution in [0.5, 0.6) is 0 Å². The standard InChI is InChI=1S/C21H24N4O2S/c22-16(14-28)21(26)24-10-11-25-19(13-17(23-25)20-7-4-12-27-20)18(24)9-8-15-5-2-1-3-6-15/h1-7,12-13,16,18,28H,8-11,14,22H2/t16-,18-/m0/s1. The van der Waals surface area contributed by atoms with Gasteiger partial charge in [0.1, 0.15) is 5.69 Å². The minimum absolute atomic E-state index is 0.0555. The topological polar surface area (TPSA) is 77.3 Å². The van der Waals surface area contributed by atoms with Gasteiger partial charge in [0.05, 0.1) is 30.6 Å². The highest BCUT2D eigenvalue weighted by Crippen LogP contribution is 2.33. The molecule has 0 aliphatic carbocycles. The molecule has 0 fully saturated rings. The van der Waals surface area contributed by atoms with Crippen molar-refractivity contribution in [3.63, 3.8) is 0 Å². The Hall–Kier alpha value is -2.51. The predicted octanol–water partition coefficient (Wildman–Crippen LogP) is 2.92. The molecule has 4 rings (SSSR count). The lowest BCUT2D eigenvalue weighted by Gasteiger charge is -2.37. The molecule has 0 saturated heterocycles. The molecular formula is C21H24N4O2S. The maximum atomic E-state index is 12.9. The minimum Gasteiger partial charge on any atom is -0.463 e. The van der Waals surface area contributed by atoms with Crippen LogP contribution in [0.1, 0.15) is 23.7 Å². The largest absolute Gasteiger partial charge is 0.463 e.